The average molecular weight is 348 g/mol. The molecule has 140 valence electrons. The molecule has 0 fully saturated rings. The smallest absolute Gasteiger partial charge is 0.227 e. The molecule has 1 aromatic rings. The molecule has 0 radical (unpaired) electrons. The van der Waals surface area contributed by atoms with Crippen LogP contribution in [-0.4, -0.2) is 45.7 Å². The number of carbonyl (C=O) groups excluding carboxylic acids is 1. The Kier molecular flexibility index (Phi) is 8.25. The molecule has 0 aromatic heterocycles. The predicted octanol–water partition coefficient (Wildman–Crippen LogP) is 1.87. The molecule has 0 bridgehead atoms. The van der Waals surface area contributed by atoms with E-state index in [-0.39, 0.29) is 5.91 Å². The molecular weight excluding hydrogens is 316 g/mol. The van der Waals surface area contributed by atoms with Crippen molar-refractivity contribution >= 4 is 11.9 Å². The van der Waals surface area contributed by atoms with Gasteiger partial charge in [-0.3, -0.25) is 9.79 Å². The van der Waals surface area contributed by atoms with Gasteiger partial charge in [0, 0.05) is 26.7 Å². The Hall–Kier alpha value is -2.24. The Morgan fingerprint density at radius 1 is 1.24 bits per heavy atom. The minimum Gasteiger partial charge on any atom is -0.496 e. The summed E-state index contributed by atoms with van der Waals surface area (Å²) in [5.74, 6) is 1.61. The van der Waals surface area contributed by atoms with Crippen molar-refractivity contribution in [2.75, 3.05) is 33.8 Å². The molecule has 25 heavy (non-hydrogen) atoms. The third-order valence-corrected chi connectivity index (χ3v) is 4.00. The minimum atomic E-state index is -0.507. The molecule has 0 saturated heterocycles. The zero-order valence-electron chi connectivity index (χ0n) is 16.3. The summed E-state index contributed by atoms with van der Waals surface area (Å²) in [7, 11) is 3.41. The van der Waals surface area contributed by atoms with Crippen molar-refractivity contribution < 1.29 is 9.53 Å². The largest absolute Gasteiger partial charge is 0.496 e. The Morgan fingerprint density at radius 2 is 1.96 bits per heavy atom. The lowest BCUT2D eigenvalue weighted by Crippen LogP contribution is -2.48. The molecule has 0 spiro atoms. The number of ether oxygens (including phenoxy) is 1. The van der Waals surface area contributed by atoms with Crippen LogP contribution in [0.25, 0.3) is 0 Å². The van der Waals surface area contributed by atoms with Gasteiger partial charge < -0.3 is 20.7 Å². The van der Waals surface area contributed by atoms with Crippen LogP contribution in [0.3, 0.4) is 0 Å². The van der Waals surface area contributed by atoms with Crippen LogP contribution in [0.1, 0.15) is 31.9 Å². The second kappa shape index (κ2) is 9.91. The van der Waals surface area contributed by atoms with Crippen molar-refractivity contribution in [2.45, 2.75) is 34.1 Å². The summed E-state index contributed by atoms with van der Waals surface area (Å²) >= 11 is 0. The minimum absolute atomic E-state index is 0.0300. The fourth-order valence-electron chi connectivity index (χ4n) is 2.42. The highest BCUT2D eigenvalue weighted by molar-refractivity contribution is 5.84. The van der Waals surface area contributed by atoms with E-state index in [2.05, 4.69) is 33.9 Å². The van der Waals surface area contributed by atoms with E-state index in [1.54, 1.807) is 14.2 Å². The molecule has 6 heteroatoms. The molecule has 0 aliphatic carbocycles. The van der Waals surface area contributed by atoms with Gasteiger partial charge in [-0.05, 0) is 45.7 Å². The van der Waals surface area contributed by atoms with Crippen LogP contribution < -0.4 is 20.7 Å². The van der Waals surface area contributed by atoms with Crippen LogP contribution in [0, 0.1) is 12.3 Å². The van der Waals surface area contributed by atoms with Crippen LogP contribution in [0.4, 0.5) is 0 Å². The van der Waals surface area contributed by atoms with Crippen molar-refractivity contribution in [1.82, 2.24) is 16.0 Å². The number of benzene rings is 1. The number of nitrogens with one attached hydrogen (secondary N) is 3. The standard InChI is InChI=1S/C19H32N4O2/c1-7-21-17(24)19(3,4)13-23-18(20-5)22-11-10-15-12-14(2)8-9-16(15)25-6/h8-9,12H,7,10-11,13H2,1-6H3,(H,21,24)(H2,20,22,23). The first-order valence-corrected chi connectivity index (χ1v) is 8.70. The number of aliphatic imine (C=N–C) groups is 1. The molecule has 6 nitrogen and oxygen atoms in total. The summed E-state index contributed by atoms with van der Waals surface area (Å²) in [6.07, 6.45) is 0.825. The number of amides is 1. The van der Waals surface area contributed by atoms with Crippen molar-refractivity contribution in [1.29, 1.82) is 0 Å². The Labute approximate surface area is 151 Å². The van der Waals surface area contributed by atoms with Crippen molar-refractivity contribution in [2.24, 2.45) is 10.4 Å². The van der Waals surface area contributed by atoms with Gasteiger partial charge in [0.1, 0.15) is 5.75 Å². The molecule has 0 saturated carbocycles. The maximum atomic E-state index is 12.0. The maximum absolute atomic E-state index is 12.0. The lowest BCUT2D eigenvalue weighted by atomic mass is 9.92. The number of hydrogen-bond donors (Lipinski definition) is 3. The number of methoxy groups -OCH3 is 1. The van der Waals surface area contributed by atoms with E-state index in [4.69, 9.17) is 4.74 Å². The second-order valence-corrected chi connectivity index (χ2v) is 6.66. The number of rotatable bonds is 8. The number of aryl methyl sites for hydroxylation is 1. The zero-order valence-corrected chi connectivity index (χ0v) is 16.3. The van der Waals surface area contributed by atoms with Crippen LogP contribution in [0.5, 0.6) is 5.75 Å². The van der Waals surface area contributed by atoms with Gasteiger partial charge >= 0.3 is 0 Å². The van der Waals surface area contributed by atoms with E-state index < -0.39 is 5.41 Å². The Balaban J connectivity index is 2.53. The number of hydrogen-bond acceptors (Lipinski definition) is 3. The van der Waals surface area contributed by atoms with Gasteiger partial charge in [0.15, 0.2) is 5.96 Å². The molecule has 0 atom stereocenters. The maximum Gasteiger partial charge on any atom is 0.227 e. The predicted molar refractivity (Wildman–Crippen MR) is 103 cm³/mol. The molecule has 0 heterocycles. The summed E-state index contributed by atoms with van der Waals surface area (Å²) in [6.45, 7) is 9.68. The monoisotopic (exact) mass is 348 g/mol. The van der Waals surface area contributed by atoms with E-state index >= 15 is 0 Å². The third kappa shape index (κ3) is 6.64. The Bertz CT molecular complexity index is 597. The van der Waals surface area contributed by atoms with Crippen molar-refractivity contribution in [3.63, 3.8) is 0 Å². The van der Waals surface area contributed by atoms with Crippen molar-refractivity contribution in [3.8, 4) is 5.75 Å². The van der Waals surface area contributed by atoms with E-state index in [1.807, 2.05) is 32.9 Å². The van der Waals surface area contributed by atoms with Crippen LogP contribution in [0.2, 0.25) is 0 Å². The highest BCUT2D eigenvalue weighted by Crippen LogP contribution is 2.19. The van der Waals surface area contributed by atoms with Crippen LogP contribution >= 0.6 is 0 Å². The van der Waals surface area contributed by atoms with Crippen LogP contribution in [-0.2, 0) is 11.2 Å². The summed E-state index contributed by atoms with van der Waals surface area (Å²) in [6, 6.07) is 6.17. The van der Waals surface area contributed by atoms with Crippen molar-refractivity contribution in [3.05, 3.63) is 29.3 Å². The topological polar surface area (TPSA) is 74.8 Å². The van der Waals surface area contributed by atoms with E-state index in [0.717, 1.165) is 24.3 Å². The fourth-order valence-corrected chi connectivity index (χ4v) is 2.42. The molecule has 0 aliphatic rings. The van der Waals surface area contributed by atoms with E-state index in [1.165, 1.54) is 5.56 Å². The zero-order chi connectivity index (χ0) is 18.9. The molecule has 0 unspecified atom stereocenters. The van der Waals surface area contributed by atoms with E-state index in [0.29, 0.717) is 19.0 Å². The molecule has 0 aliphatic heterocycles. The highest BCUT2D eigenvalue weighted by atomic mass is 16.5. The molecular formula is C19H32N4O2. The summed E-state index contributed by atoms with van der Waals surface area (Å²) in [5.41, 5.74) is 1.86. The van der Waals surface area contributed by atoms with Crippen LogP contribution in [0.15, 0.2) is 23.2 Å². The number of guanidine groups is 1. The summed E-state index contributed by atoms with van der Waals surface area (Å²) < 4.78 is 5.41. The number of carbonyl (C=O) groups is 1. The second-order valence-electron chi connectivity index (χ2n) is 6.66. The van der Waals surface area contributed by atoms with Gasteiger partial charge in [0.25, 0.3) is 0 Å². The first kappa shape index (κ1) is 20.8. The van der Waals surface area contributed by atoms with Gasteiger partial charge in [0.2, 0.25) is 5.91 Å². The lowest BCUT2D eigenvalue weighted by Gasteiger charge is -2.24. The normalized spacial score (nSPS) is 11.8. The third-order valence-electron chi connectivity index (χ3n) is 4.00. The van der Waals surface area contributed by atoms with Gasteiger partial charge in [-0.2, -0.15) is 0 Å². The average Bonchev–Trinajstić information content (AvgIpc) is 2.58. The molecule has 1 aromatic carbocycles. The quantitative estimate of drug-likeness (QED) is 0.495. The summed E-state index contributed by atoms with van der Waals surface area (Å²) in [5, 5.41) is 9.36. The lowest BCUT2D eigenvalue weighted by molar-refractivity contribution is -0.128. The molecule has 3 N–H and O–H groups in total. The van der Waals surface area contributed by atoms with Gasteiger partial charge in [-0.15, -0.1) is 0 Å². The SMILES string of the molecule is CCNC(=O)C(C)(C)CNC(=NC)NCCc1cc(C)ccc1OC. The number of nitrogens with zero attached hydrogens (tertiary/aromatic N) is 1. The van der Waals surface area contributed by atoms with Gasteiger partial charge in [-0.1, -0.05) is 17.7 Å². The first-order chi connectivity index (χ1) is 11.8. The van der Waals surface area contributed by atoms with Gasteiger partial charge in [0.05, 0.1) is 12.5 Å². The first-order valence-electron chi connectivity index (χ1n) is 8.70. The highest BCUT2D eigenvalue weighted by Gasteiger charge is 2.27. The molecule has 1 amide bonds. The van der Waals surface area contributed by atoms with Gasteiger partial charge in [-0.25, -0.2) is 0 Å². The Morgan fingerprint density at radius 3 is 2.56 bits per heavy atom. The fraction of sp³-hybridized carbons (Fsp3) is 0.579. The summed E-state index contributed by atoms with van der Waals surface area (Å²) in [4.78, 5) is 16.3. The van der Waals surface area contributed by atoms with E-state index in [9.17, 15) is 4.79 Å². The molecule has 1 rings (SSSR count).